The van der Waals surface area contributed by atoms with Gasteiger partial charge in [-0.3, -0.25) is 0 Å². The van der Waals surface area contributed by atoms with Crippen molar-refractivity contribution in [3.05, 3.63) is 42.0 Å². The zero-order valence-electron chi connectivity index (χ0n) is 11.3. The van der Waals surface area contributed by atoms with E-state index in [4.69, 9.17) is 9.47 Å². The summed E-state index contributed by atoms with van der Waals surface area (Å²) in [5.41, 5.74) is 1.39. The van der Waals surface area contributed by atoms with E-state index < -0.39 is 0 Å². The molecule has 2 aromatic rings. The Bertz CT molecular complexity index is 519. The topological polar surface area (TPSA) is 18.5 Å². The first-order valence-corrected chi connectivity index (χ1v) is 6.41. The van der Waals surface area contributed by atoms with Gasteiger partial charge in [-0.25, -0.2) is 0 Å². The van der Waals surface area contributed by atoms with E-state index in [9.17, 15) is 0 Å². The van der Waals surface area contributed by atoms with Gasteiger partial charge in [0.15, 0.2) is 6.79 Å². The molecule has 96 valence electrons. The third kappa shape index (κ3) is 2.49. The van der Waals surface area contributed by atoms with Gasteiger partial charge in [-0.1, -0.05) is 44.2 Å². The molecule has 0 fully saturated rings. The van der Waals surface area contributed by atoms with Crippen molar-refractivity contribution in [2.45, 2.75) is 26.2 Å². The molecule has 0 bridgehead atoms. The van der Waals surface area contributed by atoms with Crippen molar-refractivity contribution >= 4 is 10.8 Å². The van der Waals surface area contributed by atoms with Crippen molar-refractivity contribution in [3.63, 3.8) is 0 Å². The normalized spacial score (nSPS) is 12.6. The Morgan fingerprint density at radius 3 is 2.50 bits per heavy atom. The molecule has 0 aliphatic heterocycles. The molecule has 0 N–H and O–H groups in total. The average molecular weight is 244 g/mol. The number of methoxy groups -OCH3 is 1. The highest BCUT2D eigenvalue weighted by Crippen LogP contribution is 2.32. The molecule has 1 unspecified atom stereocenters. The highest BCUT2D eigenvalue weighted by atomic mass is 16.7. The van der Waals surface area contributed by atoms with E-state index in [0.29, 0.717) is 5.92 Å². The van der Waals surface area contributed by atoms with Gasteiger partial charge in [-0.2, -0.15) is 0 Å². The Morgan fingerprint density at radius 1 is 1.06 bits per heavy atom. The minimum absolute atomic E-state index is 0.284. The van der Waals surface area contributed by atoms with E-state index >= 15 is 0 Å². The van der Waals surface area contributed by atoms with Crippen molar-refractivity contribution in [2.75, 3.05) is 13.9 Å². The van der Waals surface area contributed by atoms with Crippen LogP contribution in [0.25, 0.3) is 10.8 Å². The first-order valence-electron chi connectivity index (χ1n) is 6.41. The summed E-state index contributed by atoms with van der Waals surface area (Å²) < 4.78 is 10.6. The molecule has 0 spiro atoms. The Hall–Kier alpha value is -1.54. The summed E-state index contributed by atoms with van der Waals surface area (Å²) in [6.07, 6.45) is 1.14. The molecule has 2 heteroatoms. The van der Waals surface area contributed by atoms with E-state index in [1.165, 1.54) is 10.9 Å². The monoisotopic (exact) mass is 244 g/mol. The molecule has 0 aliphatic carbocycles. The Morgan fingerprint density at radius 2 is 1.78 bits per heavy atom. The van der Waals surface area contributed by atoms with Crippen LogP contribution in [0.4, 0.5) is 0 Å². The molecule has 0 saturated carbocycles. The quantitative estimate of drug-likeness (QED) is 0.728. The maximum Gasteiger partial charge on any atom is 0.188 e. The predicted octanol–water partition coefficient (Wildman–Crippen LogP) is 4.34. The Labute approximate surface area is 109 Å². The van der Waals surface area contributed by atoms with E-state index in [1.54, 1.807) is 7.11 Å². The van der Waals surface area contributed by atoms with Crippen molar-refractivity contribution < 1.29 is 9.47 Å². The summed E-state index contributed by atoms with van der Waals surface area (Å²) in [6, 6.07) is 12.6. The fourth-order valence-electron chi connectivity index (χ4n) is 2.20. The van der Waals surface area contributed by atoms with Gasteiger partial charge < -0.3 is 9.47 Å². The third-order valence-electron chi connectivity index (χ3n) is 3.39. The van der Waals surface area contributed by atoms with E-state index in [2.05, 4.69) is 38.1 Å². The highest BCUT2D eigenvalue weighted by molar-refractivity contribution is 5.91. The zero-order valence-corrected chi connectivity index (χ0v) is 11.3. The van der Waals surface area contributed by atoms with E-state index in [1.807, 2.05) is 12.1 Å². The molecule has 18 heavy (non-hydrogen) atoms. The van der Waals surface area contributed by atoms with Crippen LogP contribution in [-0.4, -0.2) is 13.9 Å². The predicted molar refractivity (Wildman–Crippen MR) is 75.2 cm³/mol. The number of fused-ring (bicyclic) bond motifs is 1. The van der Waals surface area contributed by atoms with Gasteiger partial charge in [-0.05, 0) is 29.4 Å². The van der Waals surface area contributed by atoms with Gasteiger partial charge in [0.25, 0.3) is 0 Å². The first kappa shape index (κ1) is 12.9. The second kappa shape index (κ2) is 5.87. The van der Waals surface area contributed by atoms with E-state index in [-0.39, 0.29) is 6.79 Å². The van der Waals surface area contributed by atoms with Crippen molar-refractivity contribution in [3.8, 4) is 5.75 Å². The highest BCUT2D eigenvalue weighted by Gasteiger charge is 2.09. The summed E-state index contributed by atoms with van der Waals surface area (Å²) >= 11 is 0. The lowest BCUT2D eigenvalue weighted by Gasteiger charge is -2.14. The Kier molecular flexibility index (Phi) is 4.21. The zero-order chi connectivity index (χ0) is 13.0. The molecule has 1 atom stereocenters. The fraction of sp³-hybridized carbons (Fsp3) is 0.375. The van der Waals surface area contributed by atoms with E-state index in [0.717, 1.165) is 17.6 Å². The summed E-state index contributed by atoms with van der Waals surface area (Å²) in [6.45, 7) is 4.76. The fourth-order valence-corrected chi connectivity index (χ4v) is 2.20. The van der Waals surface area contributed by atoms with Crippen molar-refractivity contribution in [1.29, 1.82) is 0 Å². The average Bonchev–Trinajstić information content (AvgIpc) is 2.43. The minimum Gasteiger partial charge on any atom is -0.467 e. The molecule has 2 nitrogen and oxygen atoms in total. The van der Waals surface area contributed by atoms with Crippen LogP contribution in [0.3, 0.4) is 0 Å². The molecule has 0 saturated heterocycles. The first-order chi connectivity index (χ1) is 8.77. The lowest BCUT2D eigenvalue weighted by molar-refractivity contribution is 0.0522. The van der Waals surface area contributed by atoms with Crippen LogP contribution in [0.15, 0.2) is 36.4 Å². The van der Waals surface area contributed by atoms with Crippen LogP contribution in [0.1, 0.15) is 31.7 Å². The van der Waals surface area contributed by atoms with Gasteiger partial charge in [0, 0.05) is 12.5 Å². The Balaban J connectivity index is 2.51. The molecule has 0 radical (unpaired) electrons. The van der Waals surface area contributed by atoms with Crippen molar-refractivity contribution in [1.82, 2.24) is 0 Å². The second-order valence-electron chi connectivity index (χ2n) is 4.56. The molecule has 2 rings (SSSR count). The van der Waals surface area contributed by atoms with Crippen LogP contribution in [0.5, 0.6) is 5.75 Å². The van der Waals surface area contributed by atoms with Crippen LogP contribution in [0, 0.1) is 0 Å². The van der Waals surface area contributed by atoms with Crippen LogP contribution < -0.4 is 4.74 Å². The van der Waals surface area contributed by atoms with Crippen LogP contribution in [-0.2, 0) is 4.74 Å². The standard InChI is InChI=1S/C16H20O2/c1-4-12(2)13-7-5-9-15-14(13)8-6-10-16(15)18-11-17-3/h5-10,12H,4,11H2,1-3H3. The summed E-state index contributed by atoms with van der Waals surface area (Å²) in [7, 11) is 1.63. The lowest BCUT2D eigenvalue weighted by atomic mass is 9.93. The van der Waals surface area contributed by atoms with Gasteiger partial charge in [-0.15, -0.1) is 0 Å². The minimum atomic E-state index is 0.284. The third-order valence-corrected chi connectivity index (χ3v) is 3.39. The molecule has 2 aromatic carbocycles. The van der Waals surface area contributed by atoms with Crippen LogP contribution in [0.2, 0.25) is 0 Å². The summed E-state index contributed by atoms with van der Waals surface area (Å²) in [4.78, 5) is 0. The van der Waals surface area contributed by atoms with Crippen LogP contribution >= 0.6 is 0 Å². The molecular formula is C16H20O2. The number of hydrogen-bond donors (Lipinski definition) is 0. The lowest BCUT2D eigenvalue weighted by Crippen LogP contribution is -2.00. The summed E-state index contributed by atoms with van der Waals surface area (Å²) in [5, 5.41) is 2.44. The molecule has 0 aromatic heterocycles. The number of ether oxygens (including phenoxy) is 2. The van der Waals surface area contributed by atoms with Crippen molar-refractivity contribution in [2.24, 2.45) is 0 Å². The van der Waals surface area contributed by atoms with Gasteiger partial charge in [0.2, 0.25) is 0 Å². The maximum atomic E-state index is 5.61. The van der Waals surface area contributed by atoms with Gasteiger partial charge in [0.05, 0.1) is 0 Å². The SMILES string of the molecule is CCC(C)c1cccc2c(OCOC)cccc12. The van der Waals surface area contributed by atoms with Gasteiger partial charge in [0.1, 0.15) is 5.75 Å². The molecular weight excluding hydrogens is 224 g/mol. The number of rotatable bonds is 5. The maximum absolute atomic E-state index is 5.61. The number of benzene rings is 2. The van der Waals surface area contributed by atoms with Gasteiger partial charge >= 0.3 is 0 Å². The molecule has 0 heterocycles. The molecule has 0 amide bonds. The summed E-state index contributed by atoms with van der Waals surface area (Å²) in [5.74, 6) is 1.45. The largest absolute Gasteiger partial charge is 0.467 e. The molecule has 0 aliphatic rings. The number of hydrogen-bond acceptors (Lipinski definition) is 2. The smallest absolute Gasteiger partial charge is 0.188 e. The second-order valence-corrected chi connectivity index (χ2v) is 4.56.